The normalized spacial score (nSPS) is 26.0. The molecule has 2 amide bonds. The number of amides is 2. The molecule has 11 rings (SSSR count). The van der Waals surface area contributed by atoms with Crippen molar-refractivity contribution in [3.8, 4) is 0 Å². The van der Waals surface area contributed by atoms with Crippen LogP contribution >= 0.6 is 0 Å². The van der Waals surface area contributed by atoms with Gasteiger partial charge in [-0.25, -0.2) is 9.59 Å². The maximum atomic E-state index is 13.9. The van der Waals surface area contributed by atoms with Gasteiger partial charge in [-0.1, -0.05) is 193 Å². The molecule has 0 aliphatic carbocycles. The lowest BCUT2D eigenvalue weighted by Crippen LogP contribution is -2.69. The lowest BCUT2D eigenvalue weighted by Gasteiger charge is -2.47. The van der Waals surface area contributed by atoms with Crippen LogP contribution in [-0.2, 0) is 29.7 Å². The Kier molecular flexibility index (Phi) is 17.5. The summed E-state index contributed by atoms with van der Waals surface area (Å²) in [6.07, 6.45) is 3.34. The largest absolute Gasteiger partial charge is 0.481 e. The van der Waals surface area contributed by atoms with E-state index in [9.17, 15) is 9.59 Å². The van der Waals surface area contributed by atoms with Gasteiger partial charge in [0.1, 0.15) is 11.2 Å². The van der Waals surface area contributed by atoms with Gasteiger partial charge in [-0.3, -0.25) is 19.5 Å². The highest BCUT2D eigenvalue weighted by Crippen LogP contribution is 2.51. The second kappa shape index (κ2) is 23.6. The van der Waals surface area contributed by atoms with Gasteiger partial charge >= 0.3 is 12.2 Å². The van der Waals surface area contributed by atoms with E-state index in [1.807, 2.05) is 46.4 Å². The highest BCUT2D eigenvalue weighted by Gasteiger charge is 2.65. The van der Waals surface area contributed by atoms with Gasteiger partial charge in [-0.05, 0) is 122 Å². The molecule has 8 unspecified atom stereocenters. The molecule has 10 atom stereocenters. The number of rotatable bonds is 10. The van der Waals surface area contributed by atoms with E-state index in [-0.39, 0.29) is 70.7 Å². The molecule has 6 bridgehead atoms. The topological polar surface area (TPSA) is 130 Å². The number of aliphatic carboxylic acids is 1. The zero-order chi connectivity index (χ0) is 58.3. The lowest BCUT2D eigenvalue weighted by molar-refractivity contribution is -0.134. The number of carboxylic acid groups (broad SMARTS) is 1. The molecule has 6 aliphatic heterocycles. The monoisotopic (exact) mass is 1130 g/mol. The molecule has 0 saturated carbocycles. The van der Waals surface area contributed by atoms with Crippen molar-refractivity contribution in [2.24, 2.45) is 11.8 Å². The predicted molar refractivity (Wildman–Crippen MR) is 327 cm³/mol. The summed E-state index contributed by atoms with van der Waals surface area (Å²) in [4.78, 5) is 43.1. The molecule has 5 aromatic carbocycles. The molecule has 6 saturated heterocycles. The van der Waals surface area contributed by atoms with Crippen LogP contribution in [-0.4, -0.2) is 127 Å². The van der Waals surface area contributed by atoms with Crippen LogP contribution in [0, 0.1) is 11.8 Å². The highest BCUT2D eigenvalue weighted by atomic mass is 28.4. The van der Waals surface area contributed by atoms with Crippen molar-refractivity contribution in [2.75, 3.05) is 13.1 Å². The average molecular weight is 1140 g/mol. The van der Waals surface area contributed by atoms with Crippen LogP contribution in [0.15, 0.2) is 152 Å². The Morgan fingerprint density at radius 2 is 0.852 bits per heavy atom. The number of nitrogens with zero attached hydrogens (tertiary/aromatic N) is 3. The molecule has 5 aromatic rings. The van der Waals surface area contributed by atoms with Gasteiger partial charge in [0.05, 0.1) is 48.5 Å². The van der Waals surface area contributed by atoms with Gasteiger partial charge in [0, 0.05) is 20.0 Å². The quantitative estimate of drug-likeness (QED) is 0.130. The summed E-state index contributed by atoms with van der Waals surface area (Å²) in [7, 11) is -5.60. The van der Waals surface area contributed by atoms with Crippen molar-refractivity contribution in [3.05, 3.63) is 157 Å². The lowest BCUT2D eigenvalue weighted by atomic mass is 9.86. The van der Waals surface area contributed by atoms with Crippen molar-refractivity contribution < 1.29 is 37.8 Å². The van der Waals surface area contributed by atoms with E-state index < -0.39 is 33.8 Å². The van der Waals surface area contributed by atoms with Crippen LogP contribution in [0.2, 0.25) is 10.1 Å². The number of benzene rings is 5. The Hall–Kier alpha value is -5.62. The first-order chi connectivity index (χ1) is 38.2. The summed E-state index contributed by atoms with van der Waals surface area (Å²) < 4.78 is 27.5. The van der Waals surface area contributed by atoms with Crippen molar-refractivity contribution in [2.45, 2.75) is 192 Å². The van der Waals surface area contributed by atoms with Gasteiger partial charge in [0.15, 0.2) is 0 Å². The van der Waals surface area contributed by atoms with Gasteiger partial charge < -0.3 is 28.7 Å². The molecule has 14 heteroatoms. The van der Waals surface area contributed by atoms with E-state index in [4.69, 9.17) is 28.2 Å². The third-order valence-electron chi connectivity index (χ3n) is 17.4. The second-order valence-corrected chi connectivity index (χ2v) is 36.1. The summed E-state index contributed by atoms with van der Waals surface area (Å²) in [6, 6.07) is 54.5. The summed E-state index contributed by atoms with van der Waals surface area (Å²) in [5, 5.41) is 16.1. The maximum absolute atomic E-state index is 13.9. The number of fused-ring (bicyclic) bond motifs is 4. The fourth-order valence-electron chi connectivity index (χ4n) is 14.6. The standard InChI is InChI=1S/C36H46N2O3Si.C29H40N2O3Si.C2H4O2/c1-35(2,3)40-34(39)38-30-22-27-23-31(38)33(32(30)37(25-27)24-26-16-10-7-11-17-26)41-42(36(4,5)6,28-18-12-8-13-19-28)29-20-14-9-15-21-29;1-28(2,3)33-27(32)31-23-17-20-18-24(31)26(25(23)30-19-20)34-35(29(4,5)6,21-13-9-7-10-14-21)22-15-11-8-12-16-22;1-2(3)4/h7-21,27,30-33H,22-25H2,1-6H3;7-16,20,23-26,30H,17-19H2,1-6H3;1H3,(H,3,4)/t27?,30?,31?,32?,33-;20?,23?,24?,25?,26-;/m00./s1. The number of carboxylic acids is 1. The number of hydrogen-bond donors (Lipinski definition) is 2. The third-order valence-corrected chi connectivity index (χ3v) is 27.5. The average Bonchev–Trinajstić information content (AvgIpc) is 3.33. The van der Waals surface area contributed by atoms with Gasteiger partial charge in [-0.15, -0.1) is 0 Å². The highest BCUT2D eigenvalue weighted by molar-refractivity contribution is 7.00. The first-order valence-electron chi connectivity index (χ1n) is 29.5. The number of piperidine rings is 4. The molecule has 0 aromatic heterocycles. The summed E-state index contributed by atoms with van der Waals surface area (Å²) in [6.45, 7) is 29.6. The number of hydrogen-bond acceptors (Lipinski definition) is 9. The van der Waals surface area contributed by atoms with Crippen molar-refractivity contribution in [1.29, 1.82) is 0 Å². The van der Waals surface area contributed by atoms with Crippen LogP contribution in [0.3, 0.4) is 0 Å². The van der Waals surface area contributed by atoms with E-state index in [1.165, 1.54) is 26.3 Å². The van der Waals surface area contributed by atoms with Crippen LogP contribution in [0.25, 0.3) is 0 Å². The molecule has 0 radical (unpaired) electrons. The Bertz CT molecular complexity index is 2830. The predicted octanol–water partition coefficient (Wildman–Crippen LogP) is 10.6. The molecule has 81 heavy (non-hydrogen) atoms. The van der Waals surface area contributed by atoms with E-state index in [0.717, 1.165) is 52.2 Å². The Morgan fingerprint density at radius 3 is 1.26 bits per heavy atom. The number of ether oxygens (including phenoxy) is 2. The second-order valence-electron chi connectivity index (χ2n) is 27.6. The first kappa shape index (κ1) is 60.0. The van der Waals surface area contributed by atoms with Crippen molar-refractivity contribution in [3.63, 3.8) is 0 Å². The summed E-state index contributed by atoms with van der Waals surface area (Å²) >= 11 is 0. The molecule has 2 N–H and O–H groups in total. The molecule has 6 aliphatic rings. The summed E-state index contributed by atoms with van der Waals surface area (Å²) in [5.41, 5.74) is 0.232. The molecular weight excluding hydrogens is 1040 g/mol. The van der Waals surface area contributed by atoms with Crippen LogP contribution in [0.5, 0.6) is 0 Å². The van der Waals surface area contributed by atoms with E-state index >= 15 is 0 Å². The molecule has 12 nitrogen and oxygen atoms in total. The molecule has 6 fully saturated rings. The molecule has 0 spiro atoms. The minimum Gasteiger partial charge on any atom is -0.481 e. The number of carbonyl (C=O) groups excluding carboxylic acids is 2. The van der Waals surface area contributed by atoms with E-state index in [1.54, 1.807) is 0 Å². The van der Waals surface area contributed by atoms with Gasteiger partial charge in [0.25, 0.3) is 22.6 Å². The number of carbonyl (C=O) groups is 3. The van der Waals surface area contributed by atoms with Crippen LogP contribution in [0.4, 0.5) is 9.59 Å². The Morgan fingerprint density at radius 1 is 0.506 bits per heavy atom. The van der Waals surface area contributed by atoms with Gasteiger partial charge in [-0.2, -0.15) is 0 Å². The van der Waals surface area contributed by atoms with Crippen LogP contribution < -0.4 is 26.1 Å². The van der Waals surface area contributed by atoms with Crippen molar-refractivity contribution >= 4 is 55.5 Å². The number of nitrogens with one attached hydrogen (secondary N) is 1. The fourth-order valence-corrected chi connectivity index (χ4v) is 24.1. The van der Waals surface area contributed by atoms with E-state index in [0.29, 0.717) is 11.8 Å². The minimum atomic E-state index is -2.85. The fraction of sp³-hybridized carbons (Fsp3) is 0.507. The van der Waals surface area contributed by atoms with Crippen molar-refractivity contribution in [1.82, 2.24) is 20.0 Å². The minimum absolute atomic E-state index is 0.0176. The molecular formula is C67H90N4O8Si2. The number of likely N-dealkylation sites (tertiary alicyclic amines) is 1. The third kappa shape index (κ3) is 12.4. The zero-order valence-corrected chi connectivity index (χ0v) is 52.3. The smallest absolute Gasteiger partial charge is 0.410 e. The van der Waals surface area contributed by atoms with E-state index in [2.05, 4.69) is 208 Å². The Labute approximate surface area is 485 Å². The van der Waals surface area contributed by atoms with Crippen LogP contribution in [0.1, 0.15) is 121 Å². The summed E-state index contributed by atoms with van der Waals surface area (Å²) in [5.74, 6) is 0.277. The Balaban J connectivity index is 0.000000186. The van der Waals surface area contributed by atoms with Gasteiger partial charge in [0.2, 0.25) is 0 Å². The molecule has 434 valence electrons. The molecule has 6 heterocycles. The maximum Gasteiger partial charge on any atom is 0.410 e. The zero-order valence-electron chi connectivity index (χ0n) is 50.3. The SMILES string of the molecule is CC(=O)O.CC(C)(C)OC(=O)N1C2CC3CC1[C@H](O[Si](c1ccccc1)(c1ccccc1)C(C)(C)C)C2N(Cc1ccccc1)C3.CC(C)(C)OC(=O)N1C2CC3CNC2[C@@H](O[Si](c2ccccc2)(c2ccccc2)C(C)(C)C)C1C3. The first-order valence-corrected chi connectivity index (χ1v) is 33.4.